The number of hydrogen-bond acceptors (Lipinski definition) is 7. The number of rotatable bonds is 3. The number of carbonyl (C=O) groups is 2. The van der Waals surface area contributed by atoms with Gasteiger partial charge in [-0.25, -0.2) is 14.6 Å². The lowest BCUT2D eigenvalue weighted by atomic mass is 10.0. The monoisotopic (exact) mass is 546 g/mol. The van der Waals surface area contributed by atoms with Crippen LogP contribution >= 0.6 is 11.3 Å². The Morgan fingerprint density at radius 1 is 1.03 bits per heavy atom. The number of amides is 3. The van der Waals surface area contributed by atoms with Gasteiger partial charge in [-0.05, 0) is 78.3 Å². The van der Waals surface area contributed by atoms with Crippen molar-refractivity contribution >= 4 is 28.6 Å². The number of urea groups is 1. The number of nitrogens with zero attached hydrogens (tertiary/aromatic N) is 5. The maximum absolute atomic E-state index is 13.4. The molecule has 0 radical (unpaired) electrons. The van der Waals surface area contributed by atoms with Crippen molar-refractivity contribution in [2.75, 3.05) is 18.4 Å². The second-order valence-corrected chi connectivity index (χ2v) is 11.9. The maximum atomic E-state index is 13.4. The standard InChI is InChI=1S/C29H34N6O3S/c1-17-11-23(12-18(2)31-17)25-24(22-10-8-9-21(13-22)14-30)32-26(39-25)33-27(36)34-15-20(4)35(16-19(34)3)28(37)38-29(5,6)7/h8-13,19-20H,15-16H2,1-7H3,(H,32,33,36)/t19-,20-/m0/s1. The van der Waals surface area contributed by atoms with Crippen LogP contribution in [-0.4, -0.2) is 62.7 Å². The molecule has 1 fully saturated rings. The average Bonchev–Trinajstić information content (AvgIpc) is 3.27. The van der Waals surface area contributed by atoms with E-state index in [0.29, 0.717) is 29.5 Å². The van der Waals surface area contributed by atoms with Crippen molar-refractivity contribution in [3.8, 4) is 27.8 Å². The number of benzene rings is 1. The van der Waals surface area contributed by atoms with E-state index in [-0.39, 0.29) is 24.2 Å². The van der Waals surface area contributed by atoms with Gasteiger partial charge in [0.2, 0.25) is 0 Å². The van der Waals surface area contributed by atoms with Gasteiger partial charge in [-0.3, -0.25) is 10.3 Å². The van der Waals surface area contributed by atoms with Crippen LogP contribution in [0.3, 0.4) is 0 Å². The highest BCUT2D eigenvalue weighted by molar-refractivity contribution is 7.19. The Bertz CT molecular complexity index is 1420. The molecule has 2 atom stereocenters. The van der Waals surface area contributed by atoms with Gasteiger partial charge in [0.25, 0.3) is 0 Å². The van der Waals surface area contributed by atoms with Gasteiger partial charge >= 0.3 is 12.1 Å². The minimum atomic E-state index is -0.590. The molecule has 0 unspecified atom stereocenters. The molecule has 204 valence electrons. The molecule has 39 heavy (non-hydrogen) atoms. The van der Waals surface area contributed by atoms with Gasteiger partial charge in [-0.2, -0.15) is 5.26 Å². The van der Waals surface area contributed by atoms with E-state index in [2.05, 4.69) is 16.4 Å². The lowest BCUT2D eigenvalue weighted by Crippen LogP contribution is -2.60. The largest absolute Gasteiger partial charge is 0.444 e. The first-order chi connectivity index (χ1) is 18.3. The summed E-state index contributed by atoms with van der Waals surface area (Å²) in [5.41, 5.74) is 4.13. The van der Waals surface area contributed by atoms with Crippen LogP contribution in [0.4, 0.5) is 14.7 Å². The van der Waals surface area contributed by atoms with Gasteiger partial charge in [-0.15, -0.1) is 0 Å². The predicted molar refractivity (Wildman–Crippen MR) is 153 cm³/mol. The Morgan fingerprint density at radius 3 is 2.31 bits per heavy atom. The molecule has 0 aliphatic carbocycles. The summed E-state index contributed by atoms with van der Waals surface area (Å²) in [5.74, 6) is 0. The Labute approximate surface area is 233 Å². The number of ether oxygens (including phenoxy) is 1. The van der Waals surface area contributed by atoms with Crippen molar-refractivity contribution in [3.05, 3.63) is 53.3 Å². The van der Waals surface area contributed by atoms with Gasteiger partial charge in [0.05, 0.1) is 22.2 Å². The van der Waals surface area contributed by atoms with Crippen LogP contribution in [0.25, 0.3) is 21.7 Å². The summed E-state index contributed by atoms with van der Waals surface area (Å²) in [6.07, 6.45) is -0.376. The van der Waals surface area contributed by atoms with Crippen molar-refractivity contribution < 1.29 is 14.3 Å². The summed E-state index contributed by atoms with van der Waals surface area (Å²) in [4.78, 5) is 39.7. The Balaban J connectivity index is 1.60. The number of carbonyl (C=O) groups excluding carboxylic acids is 2. The van der Waals surface area contributed by atoms with E-state index in [9.17, 15) is 14.9 Å². The minimum Gasteiger partial charge on any atom is -0.444 e. The topological polar surface area (TPSA) is 111 Å². The molecule has 1 N–H and O–H groups in total. The highest BCUT2D eigenvalue weighted by atomic mass is 32.1. The summed E-state index contributed by atoms with van der Waals surface area (Å²) in [5, 5.41) is 12.9. The number of nitrogens with one attached hydrogen (secondary N) is 1. The van der Waals surface area contributed by atoms with Crippen molar-refractivity contribution in [2.24, 2.45) is 0 Å². The first-order valence-corrected chi connectivity index (χ1v) is 13.7. The number of anilines is 1. The fourth-order valence-electron chi connectivity index (χ4n) is 4.61. The summed E-state index contributed by atoms with van der Waals surface area (Å²) in [7, 11) is 0. The zero-order chi connectivity index (χ0) is 28.5. The Hall–Kier alpha value is -3.97. The molecule has 1 saturated heterocycles. The molecule has 1 aromatic carbocycles. The van der Waals surface area contributed by atoms with Crippen LogP contribution in [-0.2, 0) is 4.74 Å². The molecule has 9 nitrogen and oxygen atoms in total. The summed E-state index contributed by atoms with van der Waals surface area (Å²) in [6.45, 7) is 14.0. The smallest absolute Gasteiger partial charge is 0.410 e. The van der Waals surface area contributed by atoms with Crippen LogP contribution in [0.15, 0.2) is 36.4 Å². The first-order valence-electron chi connectivity index (χ1n) is 12.9. The summed E-state index contributed by atoms with van der Waals surface area (Å²) >= 11 is 1.38. The van der Waals surface area contributed by atoms with E-state index in [1.54, 1.807) is 21.9 Å². The van der Waals surface area contributed by atoms with Gasteiger partial charge in [0.1, 0.15) is 5.60 Å². The Kier molecular flexibility index (Phi) is 7.93. The number of pyridine rings is 1. The van der Waals surface area contributed by atoms with E-state index in [1.165, 1.54) is 11.3 Å². The van der Waals surface area contributed by atoms with Crippen LogP contribution < -0.4 is 5.32 Å². The molecule has 0 bridgehead atoms. The highest BCUT2D eigenvalue weighted by Crippen LogP contribution is 2.40. The number of aromatic nitrogens is 2. The molecule has 10 heteroatoms. The zero-order valence-electron chi connectivity index (χ0n) is 23.4. The second-order valence-electron chi connectivity index (χ2n) is 10.9. The van der Waals surface area contributed by atoms with Gasteiger partial charge in [0.15, 0.2) is 5.13 Å². The molecule has 4 rings (SSSR count). The third-order valence-electron chi connectivity index (χ3n) is 6.32. The lowest BCUT2D eigenvalue weighted by molar-refractivity contribution is -0.00241. The third-order valence-corrected chi connectivity index (χ3v) is 7.34. The minimum absolute atomic E-state index is 0.208. The van der Waals surface area contributed by atoms with Gasteiger partial charge < -0.3 is 14.5 Å². The van der Waals surface area contributed by atoms with E-state index < -0.39 is 5.60 Å². The molecule has 0 spiro atoms. The highest BCUT2D eigenvalue weighted by Gasteiger charge is 2.36. The fraction of sp³-hybridized carbons (Fsp3) is 0.414. The van der Waals surface area contributed by atoms with E-state index >= 15 is 0 Å². The van der Waals surface area contributed by atoms with Crippen molar-refractivity contribution in [3.63, 3.8) is 0 Å². The van der Waals surface area contributed by atoms with Crippen molar-refractivity contribution in [1.82, 2.24) is 19.8 Å². The molecular formula is C29H34N6O3S. The summed E-state index contributed by atoms with van der Waals surface area (Å²) < 4.78 is 5.56. The third kappa shape index (κ3) is 6.55. The van der Waals surface area contributed by atoms with Crippen LogP contribution in [0, 0.1) is 25.2 Å². The Morgan fingerprint density at radius 2 is 1.67 bits per heavy atom. The van der Waals surface area contributed by atoms with Crippen LogP contribution in [0.1, 0.15) is 51.6 Å². The maximum Gasteiger partial charge on any atom is 0.410 e. The number of piperazine rings is 1. The summed E-state index contributed by atoms with van der Waals surface area (Å²) in [6, 6.07) is 12.7. The van der Waals surface area contributed by atoms with E-state index in [1.807, 2.05) is 72.7 Å². The van der Waals surface area contributed by atoms with Crippen LogP contribution in [0.5, 0.6) is 0 Å². The van der Waals surface area contributed by atoms with Crippen LogP contribution in [0.2, 0.25) is 0 Å². The second kappa shape index (κ2) is 11.0. The SMILES string of the molecule is Cc1cc(-c2sc(NC(=O)N3C[C@H](C)N(C(=O)OC(C)(C)C)C[C@@H]3C)nc2-c2cccc(C#N)c2)cc(C)n1. The quantitative estimate of drug-likeness (QED) is 0.417. The molecule has 1 aliphatic heterocycles. The fourth-order valence-corrected chi connectivity index (χ4v) is 5.58. The van der Waals surface area contributed by atoms with E-state index in [4.69, 9.17) is 9.72 Å². The van der Waals surface area contributed by atoms with E-state index in [0.717, 1.165) is 27.4 Å². The van der Waals surface area contributed by atoms with Gasteiger partial charge in [0, 0.05) is 42.1 Å². The average molecular weight is 547 g/mol. The molecule has 2 aromatic heterocycles. The molecule has 3 heterocycles. The first kappa shape index (κ1) is 28.0. The molecule has 3 aromatic rings. The zero-order valence-corrected chi connectivity index (χ0v) is 24.2. The number of nitriles is 1. The van der Waals surface area contributed by atoms with Crippen molar-refractivity contribution in [2.45, 2.75) is 66.2 Å². The molecule has 3 amide bonds. The number of thiazole rings is 1. The van der Waals surface area contributed by atoms with Gasteiger partial charge in [-0.1, -0.05) is 23.5 Å². The number of hydrogen-bond donors (Lipinski definition) is 1. The molecule has 1 aliphatic rings. The lowest BCUT2D eigenvalue weighted by Gasteiger charge is -2.43. The normalized spacial score (nSPS) is 17.5. The van der Waals surface area contributed by atoms with Crippen molar-refractivity contribution in [1.29, 1.82) is 5.26 Å². The predicted octanol–water partition coefficient (Wildman–Crippen LogP) is 6.22. The number of aryl methyl sites for hydroxylation is 2. The molecule has 0 saturated carbocycles. The molecular weight excluding hydrogens is 512 g/mol.